The maximum absolute atomic E-state index is 12.7. The molecule has 0 unspecified atom stereocenters. The van der Waals surface area contributed by atoms with E-state index in [1.807, 2.05) is 12.1 Å². The third kappa shape index (κ3) is 4.43. The number of allylic oxidation sites excluding steroid dienone is 1. The lowest BCUT2D eigenvalue weighted by Crippen LogP contribution is -2.12. The van der Waals surface area contributed by atoms with Gasteiger partial charge in [0.1, 0.15) is 11.5 Å². The Morgan fingerprint density at radius 1 is 1.00 bits per heavy atom. The highest BCUT2D eigenvalue weighted by atomic mass is 35.5. The molecule has 0 amide bonds. The predicted molar refractivity (Wildman–Crippen MR) is 126 cm³/mol. The lowest BCUT2D eigenvalue weighted by Gasteiger charge is -2.18. The van der Waals surface area contributed by atoms with Gasteiger partial charge in [-0.15, -0.1) is 0 Å². The number of ketones is 1. The zero-order chi connectivity index (χ0) is 23.0. The van der Waals surface area contributed by atoms with Gasteiger partial charge in [-0.3, -0.25) is 4.79 Å². The molecule has 1 heterocycles. The van der Waals surface area contributed by atoms with E-state index in [1.165, 1.54) is 6.07 Å². The second kappa shape index (κ2) is 8.45. The van der Waals surface area contributed by atoms with Crippen molar-refractivity contribution < 1.29 is 19.1 Å². The Balaban J connectivity index is 1.53. The largest absolute Gasteiger partial charge is 0.452 e. The van der Waals surface area contributed by atoms with Crippen LogP contribution in [-0.4, -0.2) is 11.8 Å². The number of hydrogen-bond acceptors (Lipinski definition) is 4. The summed E-state index contributed by atoms with van der Waals surface area (Å²) < 4.78 is 11.2. The zero-order valence-corrected chi connectivity index (χ0v) is 19.3. The first-order chi connectivity index (χ1) is 15.1. The molecule has 3 aromatic carbocycles. The summed E-state index contributed by atoms with van der Waals surface area (Å²) in [6.07, 6.45) is 1.54. The summed E-state index contributed by atoms with van der Waals surface area (Å²) in [4.78, 5) is 25.2. The zero-order valence-electron chi connectivity index (χ0n) is 17.7. The number of ether oxygens (including phenoxy) is 2. The molecule has 0 radical (unpaired) electrons. The Kier molecular flexibility index (Phi) is 5.85. The van der Waals surface area contributed by atoms with Crippen LogP contribution in [0, 0.1) is 0 Å². The highest BCUT2D eigenvalue weighted by molar-refractivity contribution is 6.43. The topological polar surface area (TPSA) is 52.6 Å². The van der Waals surface area contributed by atoms with Crippen molar-refractivity contribution in [1.29, 1.82) is 0 Å². The first-order valence-corrected chi connectivity index (χ1v) is 10.7. The van der Waals surface area contributed by atoms with E-state index in [0.717, 1.165) is 5.56 Å². The van der Waals surface area contributed by atoms with Gasteiger partial charge in [-0.1, -0.05) is 68.2 Å². The fourth-order valence-electron chi connectivity index (χ4n) is 3.28. The monoisotopic (exact) mass is 466 g/mol. The first-order valence-electron chi connectivity index (χ1n) is 9.98. The normalized spacial score (nSPS) is 14.3. The van der Waals surface area contributed by atoms with Gasteiger partial charge in [-0.25, -0.2) is 4.79 Å². The minimum Gasteiger partial charge on any atom is -0.452 e. The van der Waals surface area contributed by atoms with Crippen molar-refractivity contribution in [3.63, 3.8) is 0 Å². The van der Waals surface area contributed by atoms with Crippen molar-refractivity contribution in [1.82, 2.24) is 0 Å². The second-order valence-electron chi connectivity index (χ2n) is 8.46. The Labute approximate surface area is 196 Å². The van der Waals surface area contributed by atoms with Crippen LogP contribution in [0.1, 0.15) is 52.6 Å². The third-order valence-electron chi connectivity index (χ3n) is 5.11. The van der Waals surface area contributed by atoms with E-state index in [9.17, 15) is 9.59 Å². The Bertz CT molecular complexity index is 1250. The SMILES string of the molecule is CC(C)(C)c1ccc(C(=O)Oc2ccc3c(c2)O/C(=C\c2cccc(Cl)c2Cl)C3=O)cc1. The van der Waals surface area contributed by atoms with Gasteiger partial charge in [0.2, 0.25) is 5.78 Å². The van der Waals surface area contributed by atoms with Crippen LogP contribution in [0.3, 0.4) is 0 Å². The number of halogens is 2. The molecule has 6 heteroatoms. The van der Waals surface area contributed by atoms with Crippen LogP contribution in [0.2, 0.25) is 10.0 Å². The first kappa shape index (κ1) is 22.1. The molecule has 0 saturated heterocycles. The third-order valence-corrected chi connectivity index (χ3v) is 5.94. The molecule has 0 bridgehead atoms. The Hall–Kier alpha value is -3.08. The lowest BCUT2D eigenvalue weighted by molar-refractivity contribution is 0.0734. The molecule has 0 fully saturated rings. The number of carbonyl (C=O) groups is 2. The Morgan fingerprint density at radius 3 is 2.41 bits per heavy atom. The van der Waals surface area contributed by atoms with Crippen LogP contribution in [0.5, 0.6) is 11.5 Å². The summed E-state index contributed by atoms with van der Waals surface area (Å²) in [7, 11) is 0. The van der Waals surface area contributed by atoms with Crippen molar-refractivity contribution in [3.8, 4) is 11.5 Å². The Morgan fingerprint density at radius 2 is 1.72 bits per heavy atom. The van der Waals surface area contributed by atoms with Crippen LogP contribution < -0.4 is 9.47 Å². The fourth-order valence-corrected chi connectivity index (χ4v) is 3.64. The molecule has 1 aliphatic rings. The number of fused-ring (bicyclic) bond motifs is 1. The molecule has 0 atom stereocenters. The van der Waals surface area contributed by atoms with Crippen molar-refractivity contribution in [2.24, 2.45) is 0 Å². The molecule has 0 saturated carbocycles. The standard InChI is InChI=1S/C26H20Cl2O4/c1-26(2,3)17-9-7-15(8-10-17)25(30)31-18-11-12-19-21(14-18)32-22(24(19)29)13-16-5-4-6-20(27)23(16)28/h4-14H,1-3H3/b22-13-. The smallest absolute Gasteiger partial charge is 0.343 e. The van der Waals surface area contributed by atoms with Crippen molar-refractivity contribution in [3.05, 3.63) is 98.7 Å². The molecule has 0 spiro atoms. The van der Waals surface area contributed by atoms with Gasteiger partial charge in [0.15, 0.2) is 5.76 Å². The van der Waals surface area contributed by atoms with Gasteiger partial charge in [-0.05, 0) is 52.9 Å². The van der Waals surface area contributed by atoms with Gasteiger partial charge in [0.25, 0.3) is 0 Å². The summed E-state index contributed by atoms with van der Waals surface area (Å²) in [5.74, 6) is -0.0652. The van der Waals surface area contributed by atoms with E-state index in [0.29, 0.717) is 32.5 Å². The number of esters is 1. The maximum Gasteiger partial charge on any atom is 0.343 e. The van der Waals surface area contributed by atoms with Crippen LogP contribution in [0.25, 0.3) is 6.08 Å². The molecule has 0 aromatic heterocycles. The summed E-state index contributed by atoms with van der Waals surface area (Å²) >= 11 is 12.2. The number of carbonyl (C=O) groups excluding carboxylic acids is 2. The van der Waals surface area contributed by atoms with E-state index >= 15 is 0 Å². The lowest BCUT2D eigenvalue weighted by atomic mass is 9.87. The number of benzene rings is 3. The van der Waals surface area contributed by atoms with Crippen LogP contribution in [-0.2, 0) is 5.41 Å². The molecular formula is C26H20Cl2O4. The molecule has 4 rings (SSSR count). The molecular weight excluding hydrogens is 447 g/mol. The van der Waals surface area contributed by atoms with Gasteiger partial charge in [-0.2, -0.15) is 0 Å². The predicted octanol–water partition coefficient (Wildman–Crippen LogP) is 7.13. The minimum absolute atomic E-state index is 0.00711. The molecule has 162 valence electrons. The second-order valence-corrected chi connectivity index (χ2v) is 9.24. The minimum atomic E-state index is -0.490. The molecule has 3 aromatic rings. The summed E-state index contributed by atoms with van der Waals surface area (Å²) in [6.45, 7) is 6.32. The summed E-state index contributed by atoms with van der Waals surface area (Å²) in [5, 5.41) is 0.717. The van der Waals surface area contributed by atoms with Crippen LogP contribution in [0.4, 0.5) is 0 Å². The highest BCUT2D eigenvalue weighted by Gasteiger charge is 2.28. The van der Waals surface area contributed by atoms with Crippen LogP contribution in [0.15, 0.2) is 66.4 Å². The van der Waals surface area contributed by atoms with Crippen molar-refractivity contribution in [2.45, 2.75) is 26.2 Å². The number of rotatable bonds is 3. The average Bonchev–Trinajstić information content (AvgIpc) is 3.05. The molecule has 32 heavy (non-hydrogen) atoms. The molecule has 0 N–H and O–H groups in total. The van der Waals surface area contributed by atoms with Gasteiger partial charge in [0, 0.05) is 6.07 Å². The van der Waals surface area contributed by atoms with E-state index in [1.54, 1.807) is 48.5 Å². The van der Waals surface area contributed by atoms with E-state index in [-0.39, 0.29) is 22.7 Å². The number of Topliss-reactive ketones (excluding diaryl/α,β-unsaturated/α-hetero) is 1. The fraction of sp³-hybridized carbons (Fsp3) is 0.154. The van der Waals surface area contributed by atoms with Crippen LogP contribution >= 0.6 is 23.2 Å². The summed E-state index contributed by atoms with van der Waals surface area (Å²) in [6, 6.07) is 17.1. The molecule has 1 aliphatic heterocycles. The van der Waals surface area contributed by atoms with E-state index < -0.39 is 5.97 Å². The molecule has 4 nitrogen and oxygen atoms in total. The maximum atomic E-state index is 12.7. The summed E-state index contributed by atoms with van der Waals surface area (Å²) in [5.41, 5.74) is 2.50. The van der Waals surface area contributed by atoms with E-state index in [4.69, 9.17) is 32.7 Å². The average molecular weight is 467 g/mol. The van der Waals surface area contributed by atoms with Crippen molar-refractivity contribution >= 4 is 41.0 Å². The van der Waals surface area contributed by atoms with Gasteiger partial charge < -0.3 is 9.47 Å². The van der Waals surface area contributed by atoms with Gasteiger partial charge >= 0.3 is 5.97 Å². The van der Waals surface area contributed by atoms with Gasteiger partial charge in [0.05, 0.1) is 21.2 Å². The molecule has 0 aliphatic carbocycles. The quantitative estimate of drug-likeness (QED) is 0.234. The van der Waals surface area contributed by atoms with Crippen molar-refractivity contribution in [2.75, 3.05) is 0 Å². The number of hydrogen-bond donors (Lipinski definition) is 0. The van der Waals surface area contributed by atoms with E-state index in [2.05, 4.69) is 20.8 Å². The highest BCUT2D eigenvalue weighted by Crippen LogP contribution is 2.36.